The summed E-state index contributed by atoms with van der Waals surface area (Å²) in [6.07, 6.45) is 2.66. The van der Waals surface area contributed by atoms with Crippen molar-refractivity contribution >= 4 is 23.1 Å². The van der Waals surface area contributed by atoms with Gasteiger partial charge < -0.3 is 11.1 Å². The van der Waals surface area contributed by atoms with Crippen LogP contribution in [0.1, 0.15) is 47.0 Å². The molecule has 1 amide bonds. The third-order valence-corrected chi connectivity index (χ3v) is 4.64. The van der Waals surface area contributed by atoms with E-state index in [0.29, 0.717) is 4.99 Å². The largest absolute Gasteiger partial charge is 0.393 e. The van der Waals surface area contributed by atoms with Gasteiger partial charge >= 0.3 is 0 Å². The molecule has 0 aromatic rings. The van der Waals surface area contributed by atoms with Gasteiger partial charge in [0.25, 0.3) is 0 Å². The van der Waals surface area contributed by atoms with Crippen LogP contribution in [0.25, 0.3) is 0 Å². The number of carbonyl (C=O) groups is 1. The zero-order valence-corrected chi connectivity index (χ0v) is 12.1. The number of hydrogen-bond acceptors (Lipinski definition) is 2. The molecule has 0 saturated heterocycles. The Morgan fingerprint density at radius 3 is 2.18 bits per heavy atom. The molecule has 98 valence electrons. The lowest BCUT2D eigenvalue weighted by Crippen LogP contribution is -2.28. The second-order valence-electron chi connectivity index (χ2n) is 6.09. The molecule has 1 aliphatic rings. The van der Waals surface area contributed by atoms with Crippen LogP contribution >= 0.6 is 12.2 Å². The van der Waals surface area contributed by atoms with Crippen molar-refractivity contribution in [2.24, 2.45) is 22.5 Å². The van der Waals surface area contributed by atoms with Gasteiger partial charge in [0.2, 0.25) is 5.91 Å². The fourth-order valence-corrected chi connectivity index (χ4v) is 2.73. The van der Waals surface area contributed by atoms with E-state index in [-0.39, 0.29) is 22.7 Å². The average molecular weight is 256 g/mol. The highest BCUT2D eigenvalue weighted by atomic mass is 32.1. The lowest BCUT2D eigenvalue weighted by Gasteiger charge is -2.06. The number of nitrogens with two attached hydrogens (primary N) is 1. The predicted octanol–water partition coefficient (Wildman–Crippen LogP) is 2.24. The molecule has 3 nitrogen and oxygen atoms in total. The minimum atomic E-state index is 0.121. The van der Waals surface area contributed by atoms with Gasteiger partial charge in [-0.15, -0.1) is 0 Å². The van der Waals surface area contributed by atoms with E-state index >= 15 is 0 Å². The second-order valence-corrected chi connectivity index (χ2v) is 6.62. The van der Waals surface area contributed by atoms with Crippen molar-refractivity contribution in [3.05, 3.63) is 0 Å². The standard InChI is InChI=1S/C13H24N2OS/c1-12(2)10(13(12,3)4)11(16)15-8-6-5-7-9(14)17/h10H,5-8H2,1-4H3,(H2,14,17)(H,15,16). The first-order valence-corrected chi connectivity index (χ1v) is 6.68. The first-order chi connectivity index (χ1) is 7.71. The lowest BCUT2D eigenvalue weighted by atomic mass is 10.0. The molecule has 0 aliphatic heterocycles. The number of amides is 1. The normalized spacial score (nSPS) is 20.9. The first kappa shape index (κ1) is 14.4. The van der Waals surface area contributed by atoms with E-state index in [2.05, 4.69) is 33.0 Å². The molecule has 1 aliphatic carbocycles. The molecule has 17 heavy (non-hydrogen) atoms. The summed E-state index contributed by atoms with van der Waals surface area (Å²) >= 11 is 4.80. The molecule has 0 spiro atoms. The van der Waals surface area contributed by atoms with Gasteiger partial charge in [0, 0.05) is 12.5 Å². The maximum atomic E-state index is 12.0. The van der Waals surface area contributed by atoms with Crippen LogP contribution in [0.15, 0.2) is 0 Å². The van der Waals surface area contributed by atoms with Crippen molar-refractivity contribution in [2.45, 2.75) is 47.0 Å². The third kappa shape index (κ3) is 2.97. The molecular weight excluding hydrogens is 232 g/mol. The third-order valence-electron chi connectivity index (χ3n) is 4.43. The molecule has 4 heteroatoms. The smallest absolute Gasteiger partial charge is 0.224 e. The van der Waals surface area contributed by atoms with Gasteiger partial charge in [-0.3, -0.25) is 4.79 Å². The maximum Gasteiger partial charge on any atom is 0.224 e. The maximum absolute atomic E-state index is 12.0. The van der Waals surface area contributed by atoms with Gasteiger partial charge in [0.15, 0.2) is 0 Å². The van der Waals surface area contributed by atoms with Crippen molar-refractivity contribution in [2.75, 3.05) is 6.54 Å². The summed E-state index contributed by atoms with van der Waals surface area (Å²) in [5, 5.41) is 3.01. The van der Waals surface area contributed by atoms with E-state index in [4.69, 9.17) is 18.0 Å². The summed E-state index contributed by atoms with van der Waals surface area (Å²) in [5.41, 5.74) is 5.65. The Morgan fingerprint density at radius 1 is 1.24 bits per heavy atom. The van der Waals surface area contributed by atoms with Crippen molar-refractivity contribution in [1.29, 1.82) is 0 Å². The Labute approximate surface area is 110 Å². The highest BCUT2D eigenvalue weighted by Gasteiger charge is 2.68. The van der Waals surface area contributed by atoms with Crippen LogP contribution in [0.3, 0.4) is 0 Å². The summed E-state index contributed by atoms with van der Waals surface area (Å²) in [4.78, 5) is 12.5. The van der Waals surface area contributed by atoms with Crippen LogP contribution < -0.4 is 11.1 Å². The minimum Gasteiger partial charge on any atom is -0.393 e. The summed E-state index contributed by atoms with van der Waals surface area (Å²) in [6, 6.07) is 0. The van der Waals surface area contributed by atoms with Gasteiger partial charge in [0.05, 0.1) is 4.99 Å². The molecule has 0 unspecified atom stereocenters. The molecule has 1 saturated carbocycles. The molecule has 0 atom stereocenters. The second kappa shape index (κ2) is 4.92. The number of rotatable bonds is 6. The Bertz CT molecular complexity index is 309. The number of hydrogen-bond donors (Lipinski definition) is 2. The number of thiocarbonyl (C=S) groups is 1. The molecule has 0 heterocycles. The monoisotopic (exact) mass is 256 g/mol. The van der Waals surface area contributed by atoms with Crippen molar-refractivity contribution < 1.29 is 4.79 Å². The van der Waals surface area contributed by atoms with E-state index in [1.165, 1.54) is 0 Å². The predicted molar refractivity (Wildman–Crippen MR) is 74.7 cm³/mol. The Hall–Kier alpha value is -0.640. The molecular formula is C13H24N2OS. The summed E-state index contributed by atoms with van der Waals surface area (Å²) in [6.45, 7) is 9.35. The first-order valence-electron chi connectivity index (χ1n) is 6.27. The summed E-state index contributed by atoms with van der Waals surface area (Å²) in [5.74, 6) is 0.334. The molecule has 0 radical (unpaired) electrons. The van der Waals surface area contributed by atoms with Crippen LogP contribution in [0.4, 0.5) is 0 Å². The quantitative estimate of drug-likeness (QED) is 0.566. The number of unbranched alkanes of at least 4 members (excludes halogenated alkanes) is 1. The molecule has 0 bridgehead atoms. The van der Waals surface area contributed by atoms with E-state index < -0.39 is 0 Å². The fraction of sp³-hybridized carbons (Fsp3) is 0.846. The van der Waals surface area contributed by atoms with Crippen molar-refractivity contribution in [3.63, 3.8) is 0 Å². The Kier molecular flexibility index (Phi) is 4.18. The SMILES string of the molecule is CC1(C)C(C(=O)NCCCCC(N)=S)C1(C)C. The fourth-order valence-electron chi connectivity index (χ4n) is 2.59. The van der Waals surface area contributed by atoms with E-state index in [0.717, 1.165) is 25.8 Å². The van der Waals surface area contributed by atoms with Gasteiger partial charge in [-0.05, 0) is 30.1 Å². The van der Waals surface area contributed by atoms with Crippen molar-refractivity contribution in [3.8, 4) is 0 Å². The van der Waals surface area contributed by atoms with E-state index in [1.807, 2.05) is 0 Å². The van der Waals surface area contributed by atoms with Crippen LogP contribution in [0.5, 0.6) is 0 Å². The van der Waals surface area contributed by atoms with Gasteiger partial charge in [-0.25, -0.2) is 0 Å². The van der Waals surface area contributed by atoms with Crippen molar-refractivity contribution in [1.82, 2.24) is 5.32 Å². The van der Waals surface area contributed by atoms with E-state index in [1.54, 1.807) is 0 Å². The topological polar surface area (TPSA) is 55.1 Å². The highest BCUT2D eigenvalue weighted by Crippen LogP contribution is 2.68. The van der Waals surface area contributed by atoms with Gasteiger partial charge in [-0.1, -0.05) is 39.9 Å². The molecule has 1 fully saturated rings. The number of carbonyl (C=O) groups excluding carboxylic acids is 1. The molecule has 1 rings (SSSR count). The van der Waals surface area contributed by atoms with Crippen LogP contribution in [-0.2, 0) is 4.79 Å². The van der Waals surface area contributed by atoms with Crippen LogP contribution in [0, 0.1) is 16.7 Å². The zero-order valence-electron chi connectivity index (χ0n) is 11.3. The molecule has 3 N–H and O–H groups in total. The summed E-state index contributed by atoms with van der Waals surface area (Å²) in [7, 11) is 0. The molecule has 0 aromatic carbocycles. The molecule has 0 aromatic heterocycles. The van der Waals surface area contributed by atoms with Gasteiger partial charge in [0.1, 0.15) is 0 Å². The minimum absolute atomic E-state index is 0.121. The highest BCUT2D eigenvalue weighted by molar-refractivity contribution is 7.80. The Morgan fingerprint density at radius 2 is 1.76 bits per heavy atom. The number of nitrogens with one attached hydrogen (secondary N) is 1. The van der Waals surface area contributed by atoms with E-state index in [9.17, 15) is 4.79 Å². The average Bonchev–Trinajstić information content (AvgIpc) is 2.56. The van der Waals surface area contributed by atoms with Gasteiger partial charge in [-0.2, -0.15) is 0 Å². The van der Waals surface area contributed by atoms with Crippen LogP contribution in [0.2, 0.25) is 0 Å². The van der Waals surface area contributed by atoms with Crippen LogP contribution in [-0.4, -0.2) is 17.4 Å². The Balaban J connectivity index is 2.22. The lowest BCUT2D eigenvalue weighted by molar-refractivity contribution is -0.123. The summed E-state index contributed by atoms with van der Waals surface area (Å²) < 4.78 is 0. The zero-order chi connectivity index (χ0) is 13.3.